The highest BCUT2D eigenvalue weighted by Gasteiger charge is 2.20. The van der Waals surface area contributed by atoms with Crippen molar-refractivity contribution < 1.29 is 23.5 Å². The average Bonchev–Trinajstić information content (AvgIpc) is 2.38. The second kappa shape index (κ2) is 7.22. The van der Waals surface area contributed by atoms with Crippen LogP contribution in [0.1, 0.15) is 12.5 Å². The fourth-order valence-corrected chi connectivity index (χ4v) is 1.51. The van der Waals surface area contributed by atoms with Crippen molar-refractivity contribution >= 4 is 17.8 Å². The monoisotopic (exact) mass is 282 g/mol. The highest BCUT2D eigenvalue weighted by atomic mass is 19.1. The molecule has 3 N–H and O–H groups in total. The topological polar surface area (TPSA) is 98.5 Å². The zero-order chi connectivity index (χ0) is 15.1. The van der Waals surface area contributed by atoms with Crippen LogP contribution in [0.15, 0.2) is 24.3 Å². The van der Waals surface area contributed by atoms with E-state index < -0.39 is 36.2 Å². The molecule has 0 aliphatic carbocycles. The van der Waals surface area contributed by atoms with Crippen molar-refractivity contribution in [2.45, 2.75) is 19.4 Å². The number of carbonyl (C=O) groups excluding carboxylic acids is 3. The maximum absolute atomic E-state index is 13.5. The first-order valence-electron chi connectivity index (χ1n) is 5.85. The van der Waals surface area contributed by atoms with Gasteiger partial charge in [-0.25, -0.2) is 4.39 Å². The molecular weight excluding hydrogens is 267 g/mol. The minimum Gasteiger partial charge on any atom is -0.456 e. The van der Waals surface area contributed by atoms with E-state index in [2.05, 4.69) is 10.1 Å². The molecule has 0 saturated heterocycles. The Hall–Kier alpha value is -2.44. The first-order chi connectivity index (χ1) is 9.40. The van der Waals surface area contributed by atoms with Gasteiger partial charge in [0.05, 0.1) is 0 Å². The molecule has 7 heteroatoms. The molecule has 0 saturated carbocycles. The predicted octanol–water partition coefficient (Wildman–Crippen LogP) is -0.0986. The molecule has 1 aromatic rings. The van der Waals surface area contributed by atoms with Gasteiger partial charge >= 0.3 is 5.97 Å². The first kappa shape index (κ1) is 15.6. The van der Waals surface area contributed by atoms with Gasteiger partial charge in [0.1, 0.15) is 11.9 Å². The highest BCUT2D eigenvalue weighted by Crippen LogP contribution is 2.09. The number of amides is 2. The van der Waals surface area contributed by atoms with Crippen molar-refractivity contribution in [3.63, 3.8) is 0 Å². The summed E-state index contributed by atoms with van der Waals surface area (Å²) >= 11 is 0. The summed E-state index contributed by atoms with van der Waals surface area (Å²) in [5, 5.41) is 2.29. The molecule has 1 aromatic carbocycles. The van der Waals surface area contributed by atoms with E-state index in [1.807, 2.05) is 0 Å². The lowest BCUT2D eigenvalue weighted by molar-refractivity contribution is -0.146. The Morgan fingerprint density at radius 3 is 2.55 bits per heavy atom. The second-order valence-corrected chi connectivity index (χ2v) is 4.10. The van der Waals surface area contributed by atoms with Crippen molar-refractivity contribution in [1.82, 2.24) is 5.32 Å². The number of nitrogens with one attached hydrogen (secondary N) is 1. The molecule has 6 nitrogen and oxygen atoms in total. The van der Waals surface area contributed by atoms with E-state index >= 15 is 0 Å². The van der Waals surface area contributed by atoms with Gasteiger partial charge in [-0.1, -0.05) is 18.2 Å². The number of halogens is 1. The first-order valence-corrected chi connectivity index (χ1v) is 5.85. The SMILES string of the molecule is CC(=O)OCC(=O)N[C@@H](Cc1ccccc1F)C(N)=O. The van der Waals surface area contributed by atoms with Gasteiger partial charge in [0.25, 0.3) is 5.91 Å². The van der Waals surface area contributed by atoms with Crippen LogP contribution in [0.5, 0.6) is 0 Å². The number of primary amides is 1. The van der Waals surface area contributed by atoms with Crippen molar-refractivity contribution in [3.05, 3.63) is 35.6 Å². The molecule has 0 aromatic heterocycles. The minimum atomic E-state index is -1.07. The highest BCUT2D eigenvalue weighted by molar-refractivity contribution is 5.88. The molecular formula is C13H15FN2O4. The van der Waals surface area contributed by atoms with Gasteiger partial charge in [-0.15, -0.1) is 0 Å². The van der Waals surface area contributed by atoms with Crippen molar-refractivity contribution in [2.24, 2.45) is 5.73 Å². The van der Waals surface area contributed by atoms with Gasteiger partial charge < -0.3 is 15.8 Å². The third-order valence-electron chi connectivity index (χ3n) is 2.47. The van der Waals surface area contributed by atoms with Crippen LogP contribution in [0.2, 0.25) is 0 Å². The van der Waals surface area contributed by atoms with E-state index in [1.54, 1.807) is 6.07 Å². The van der Waals surface area contributed by atoms with E-state index in [1.165, 1.54) is 18.2 Å². The summed E-state index contributed by atoms with van der Waals surface area (Å²) in [7, 11) is 0. The Morgan fingerprint density at radius 1 is 1.35 bits per heavy atom. The molecule has 0 fully saturated rings. The van der Waals surface area contributed by atoms with Crippen LogP contribution in [-0.2, 0) is 25.5 Å². The van der Waals surface area contributed by atoms with Gasteiger partial charge in [-0.3, -0.25) is 14.4 Å². The maximum atomic E-state index is 13.5. The van der Waals surface area contributed by atoms with Gasteiger partial charge in [0.15, 0.2) is 6.61 Å². The Morgan fingerprint density at radius 2 is 2.00 bits per heavy atom. The Labute approximate surface area is 115 Å². The van der Waals surface area contributed by atoms with Crippen LogP contribution in [0, 0.1) is 5.82 Å². The fourth-order valence-electron chi connectivity index (χ4n) is 1.51. The summed E-state index contributed by atoms with van der Waals surface area (Å²) in [6.07, 6.45) is -0.0756. The third-order valence-corrected chi connectivity index (χ3v) is 2.47. The van der Waals surface area contributed by atoms with Crippen LogP contribution in [0.25, 0.3) is 0 Å². The lowest BCUT2D eigenvalue weighted by Gasteiger charge is -2.15. The van der Waals surface area contributed by atoms with Crippen molar-refractivity contribution in [2.75, 3.05) is 6.61 Å². The van der Waals surface area contributed by atoms with Crippen LogP contribution in [-0.4, -0.2) is 30.4 Å². The van der Waals surface area contributed by atoms with E-state index in [9.17, 15) is 18.8 Å². The number of hydrogen-bond donors (Lipinski definition) is 2. The zero-order valence-electron chi connectivity index (χ0n) is 10.9. The number of nitrogens with two attached hydrogens (primary N) is 1. The molecule has 20 heavy (non-hydrogen) atoms. The van der Waals surface area contributed by atoms with Gasteiger partial charge in [0, 0.05) is 13.3 Å². The molecule has 1 atom stereocenters. The number of benzene rings is 1. The Bertz CT molecular complexity index is 519. The van der Waals surface area contributed by atoms with Gasteiger partial charge in [0.2, 0.25) is 5.91 Å². The summed E-state index contributed by atoms with van der Waals surface area (Å²) in [5.41, 5.74) is 5.41. The molecule has 0 spiro atoms. The maximum Gasteiger partial charge on any atom is 0.303 e. The zero-order valence-corrected chi connectivity index (χ0v) is 10.9. The van der Waals surface area contributed by atoms with E-state index in [-0.39, 0.29) is 12.0 Å². The summed E-state index contributed by atoms with van der Waals surface area (Å²) in [5.74, 6) is -2.59. The molecule has 0 bridgehead atoms. The molecule has 1 rings (SSSR count). The molecule has 0 radical (unpaired) electrons. The van der Waals surface area contributed by atoms with Crippen LogP contribution in [0.3, 0.4) is 0 Å². The third kappa shape index (κ3) is 5.05. The van der Waals surface area contributed by atoms with Crippen molar-refractivity contribution in [1.29, 1.82) is 0 Å². The van der Waals surface area contributed by atoms with Gasteiger partial charge in [-0.2, -0.15) is 0 Å². The summed E-state index contributed by atoms with van der Waals surface area (Å²) in [4.78, 5) is 33.3. The van der Waals surface area contributed by atoms with Crippen LogP contribution >= 0.6 is 0 Å². The molecule has 0 heterocycles. The van der Waals surface area contributed by atoms with Crippen LogP contribution < -0.4 is 11.1 Å². The molecule has 2 amide bonds. The predicted molar refractivity (Wildman–Crippen MR) is 67.9 cm³/mol. The summed E-state index contributed by atoms with van der Waals surface area (Å²) in [6, 6.07) is 4.78. The number of rotatable bonds is 6. The van der Waals surface area contributed by atoms with E-state index in [0.717, 1.165) is 6.92 Å². The standard InChI is InChI=1S/C13H15FN2O4/c1-8(17)20-7-12(18)16-11(13(15)19)6-9-4-2-3-5-10(9)14/h2-5,11H,6-7H2,1H3,(H2,15,19)(H,16,18)/t11-/m0/s1. The average molecular weight is 282 g/mol. The molecule has 0 aliphatic rings. The van der Waals surface area contributed by atoms with Crippen LogP contribution in [0.4, 0.5) is 4.39 Å². The normalized spacial score (nSPS) is 11.5. The Kier molecular flexibility index (Phi) is 5.64. The molecule has 0 unspecified atom stereocenters. The van der Waals surface area contributed by atoms with Crippen molar-refractivity contribution in [3.8, 4) is 0 Å². The minimum absolute atomic E-state index is 0.0756. The summed E-state index contributed by atoms with van der Waals surface area (Å²) < 4.78 is 18.0. The van der Waals surface area contributed by atoms with Gasteiger partial charge in [-0.05, 0) is 11.6 Å². The van der Waals surface area contributed by atoms with E-state index in [0.29, 0.717) is 0 Å². The number of ether oxygens (including phenoxy) is 1. The fraction of sp³-hybridized carbons (Fsp3) is 0.308. The smallest absolute Gasteiger partial charge is 0.303 e. The lowest BCUT2D eigenvalue weighted by atomic mass is 10.0. The quantitative estimate of drug-likeness (QED) is 0.712. The summed E-state index contributed by atoms with van der Waals surface area (Å²) in [6.45, 7) is 0.634. The number of esters is 1. The molecule has 0 aliphatic heterocycles. The second-order valence-electron chi connectivity index (χ2n) is 4.10. The lowest BCUT2D eigenvalue weighted by Crippen LogP contribution is -2.47. The Balaban J connectivity index is 2.66. The number of hydrogen-bond acceptors (Lipinski definition) is 4. The largest absolute Gasteiger partial charge is 0.456 e. The number of carbonyl (C=O) groups is 3. The van der Waals surface area contributed by atoms with E-state index in [4.69, 9.17) is 5.73 Å². The molecule has 108 valence electrons.